The lowest BCUT2D eigenvalue weighted by molar-refractivity contribution is 0.0690. The average Bonchev–Trinajstić information content (AvgIpc) is 2.98. The highest BCUT2D eigenvalue weighted by atomic mass is 19.2. The zero-order valence-electron chi connectivity index (χ0n) is 11.4. The minimum atomic E-state index is -1.61. The van der Waals surface area contributed by atoms with Crippen molar-refractivity contribution in [3.05, 3.63) is 65.9 Å². The van der Waals surface area contributed by atoms with E-state index in [1.807, 2.05) is 0 Å². The molecule has 0 aliphatic rings. The number of pyridine rings is 1. The van der Waals surface area contributed by atoms with Crippen molar-refractivity contribution in [2.75, 3.05) is 0 Å². The van der Waals surface area contributed by atoms with Crippen LogP contribution in [0, 0.1) is 17.5 Å². The Morgan fingerprint density at radius 2 is 1.83 bits per heavy atom. The Morgan fingerprint density at radius 3 is 2.39 bits per heavy atom. The average molecular weight is 319 g/mol. The molecule has 0 aliphatic carbocycles. The lowest BCUT2D eigenvalue weighted by Gasteiger charge is -2.08. The molecule has 116 valence electrons. The number of carboxylic acids is 1. The normalized spacial score (nSPS) is 10.7. The van der Waals surface area contributed by atoms with Gasteiger partial charge in [-0.15, -0.1) is 0 Å². The quantitative estimate of drug-likeness (QED) is 0.753. The summed E-state index contributed by atoms with van der Waals surface area (Å²) >= 11 is 0. The molecule has 1 aromatic carbocycles. The predicted molar refractivity (Wildman–Crippen MR) is 73.6 cm³/mol. The summed E-state index contributed by atoms with van der Waals surface area (Å²) in [5, 5.41) is 12.9. The van der Waals surface area contributed by atoms with E-state index in [0.717, 1.165) is 16.8 Å². The van der Waals surface area contributed by atoms with Crippen LogP contribution < -0.4 is 0 Å². The number of hydrogen-bond donors (Lipinski definition) is 1. The van der Waals surface area contributed by atoms with Gasteiger partial charge in [-0.1, -0.05) is 0 Å². The number of nitrogens with zero attached hydrogens (tertiary/aromatic N) is 3. The topological polar surface area (TPSA) is 68.0 Å². The molecule has 2 heterocycles. The molecule has 0 atom stereocenters. The van der Waals surface area contributed by atoms with Crippen LogP contribution in [0.25, 0.3) is 16.9 Å². The third-order valence-electron chi connectivity index (χ3n) is 3.10. The number of benzene rings is 1. The van der Waals surface area contributed by atoms with Crippen molar-refractivity contribution in [2.24, 2.45) is 0 Å². The molecule has 0 saturated carbocycles. The molecule has 1 N–H and O–H groups in total. The van der Waals surface area contributed by atoms with Crippen LogP contribution in [-0.4, -0.2) is 25.8 Å². The van der Waals surface area contributed by atoms with E-state index in [-0.39, 0.29) is 17.1 Å². The smallest absolute Gasteiger partial charge is 0.356 e. The van der Waals surface area contributed by atoms with Crippen LogP contribution in [-0.2, 0) is 0 Å². The first kappa shape index (κ1) is 14.8. The molecule has 3 rings (SSSR count). The molecule has 0 radical (unpaired) electrons. The molecule has 3 aromatic rings. The molecule has 2 aromatic heterocycles. The highest BCUT2D eigenvalue weighted by molar-refractivity contribution is 5.87. The predicted octanol–water partition coefficient (Wildman–Crippen LogP) is 3.05. The van der Waals surface area contributed by atoms with Gasteiger partial charge in [0.1, 0.15) is 0 Å². The van der Waals surface area contributed by atoms with Crippen molar-refractivity contribution >= 4 is 5.97 Å². The number of carboxylic acid groups (broad SMARTS) is 1. The summed E-state index contributed by atoms with van der Waals surface area (Å²) in [7, 11) is 0. The fourth-order valence-corrected chi connectivity index (χ4v) is 2.07. The second kappa shape index (κ2) is 5.56. The molecule has 0 aliphatic heterocycles. The molecule has 0 saturated heterocycles. The largest absolute Gasteiger partial charge is 0.476 e. The molecule has 0 unspecified atom stereocenters. The van der Waals surface area contributed by atoms with Crippen molar-refractivity contribution in [3.63, 3.8) is 0 Å². The first-order chi connectivity index (χ1) is 11.0. The number of aromatic carboxylic acids is 1. The maximum Gasteiger partial charge on any atom is 0.356 e. The third-order valence-corrected chi connectivity index (χ3v) is 3.10. The van der Waals surface area contributed by atoms with E-state index >= 15 is 0 Å². The van der Waals surface area contributed by atoms with Crippen LogP contribution in [0.15, 0.2) is 42.7 Å². The Hall–Kier alpha value is -3.16. The van der Waals surface area contributed by atoms with Gasteiger partial charge < -0.3 is 5.11 Å². The summed E-state index contributed by atoms with van der Waals surface area (Å²) in [5.74, 6) is -5.71. The lowest BCUT2D eigenvalue weighted by Crippen LogP contribution is -2.04. The molecule has 5 nitrogen and oxygen atoms in total. The van der Waals surface area contributed by atoms with Gasteiger partial charge in [0.15, 0.2) is 23.1 Å². The Labute approximate surface area is 127 Å². The standard InChI is InChI=1S/C15H8F3N3O2/c16-10-4-9(5-11(17)14(10)18)21-13(6-12(20-21)15(22)23)8-2-1-3-19-7-8/h1-7H,(H,22,23). The molecule has 0 spiro atoms. The van der Waals surface area contributed by atoms with Gasteiger partial charge in [0.05, 0.1) is 11.4 Å². The van der Waals surface area contributed by atoms with Crippen molar-refractivity contribution in [3.8, 4) is 16.9 Å². The summed E-state index contributed by atoms with van der Waals surface area (Å²) < 4.78 is 41.0. The van der Waals surface area contributed by atoms with E-state index in [4.69, 9.17) is 5.11 Å². The molecule has 8 heteroatoms. The number of halogens is 3. The van der Waals surface area contributed by atoms with Crippen LogP contribution in [0.5, 0.6) is 0 Å². The van der Waals surface area contributed by atoms with Gasteiger partial charge in [0.25, 0.3) is 0 Å². The van der Waals surface area contributed by atoms with E-state index in [1.54, 1.807) is 12.1 Å². The van der Waals surface area contributed by atoms with Crippen molar-refractivity contribution in [1.82, 2.24) is 14.8 Å². The minimum Gasteiger partial charge on any atom is -0.476 e. The van der Waals surface area contributed by atoms with Crippen LogP contribution in [0.2, 0.25) is 0 Å². The van der Waals surface area contributed by atoms with Crippen LogP contribution in [0.1, 0.15) is 10.5 Å². The van der Waals surface area contributed by atoms with Gasteiger partial charge in [-0.05, 0) is 18.2 Å². The van der Waals surface area contributed by atoms with Crippen molar-refractivity contribution in [2.45, 2.75) is 0 Å². The SMILES string of the molecule is O=C(O)c1cc(-c2cccnc2)n(-c2cc(F)c(F)c(F)c2)n1. The zero-order valence-corrected chi connectivity index (χ0v) is 11.4. The van der Waals surface area contributed by atoms with E-state index in [1.165, 1.54) is 18.5 Å². The lowest BCUT2D eigenvalue weighted by atomic mass is 10.2. The van der Waals surface area contributed by atoms with Gasteiger partial charge in [-0.3, -0.25) is 4.98 Å². The van der Waals surface area contributed by atoms with Gasteiger partial charge in [-0.25, -0.2) is 22.6 Å². The molecule has 0 amide bonds. The maximum absolute atomic E-state index is 13.4. The van der Waals surface area contributed by atoms with E-state index in [2.05, 4.69) is 10.1 Å². The highest BCUT2D eigenvalue weighted by Crippen LogP contribution is 2.25. The summed E-state index contributed by atoms with van der Waals surface area (Å²) in [4.78, 5) is 15.0. The van der Waals surface area contributed by atoms with Gasteiger partial charge >= 0.3 is 5.97 Å². The molecule has 0 bridgehead atoms. The summed E-state index contributed by atoms with van der Waals surface area (Å²) in [6.07, 6.45) is 2.95. The van der Waals surface area contributed by atoms with Crippen LogP contribution in [0.4, 0.5) is 13.2 Å². The van der Waals surface area contributed by atoms with Crippen LogP contribution >= 0.6 is 0 Å². The molecular weight excluding hydrogens is 311 g/mol. The molecular formula is C15H8F3N3O2. The molecule has 0 fully saturated rings. The maximum atomic E-state index is 13.4. The Balaban J connectivity index is 2.24. The monoisotopic (exact) mass is 319 g/mol. The van der Waals surface area contributed by atoms with E-state index in [0.29, 0.717) is 5.56 Å². The molecule has 23 heavy (non-hydrogen) atoms. The van der Waals surface area contributed by atoms with Crippen molar-refractivity contribution < 1.29 is 23.1 Å². The summed E-state index contributed by atoms with van der Waals surface area (Å²) in [5.41, 5.74) is 0.264. The summed E-state index contributed by atoms with van der Waals surface area (Å²) in [6.45, 7) is 0. The minimum absolute atomic E-state index is 0.146. The van der Waals surface area contributed by atoms with Crippen LogP contribution in [0.3, 0.4) is 0 Å². The van der Waals surface area contributed by atoms with Crippen molar-refractivity contribution in [1.29, 1.82) is 0 Å². The van der Waals surface area contributed by atoms with Gasteiger partial charge in [-0.2, -0.15) is 5.10 Å². The summed E-state index contributed by atoms with van der Waals surface area (Å²) in [6, 6.07) is 5.94. The number of hydrogen-bond acceptors (Lipinski definition) is 3. The third kappa shape index (κ3) is 2.66. The second-order valence-electron chi connectivity index (χ2n) is 4.60. The Morgan fingerprint density at radius 1 is 1.13 bits per heavy atom. The fraction of sp³-hybridized carbons (Fsp3) is 0. The Bertz CT molecular complexity index is 871. The first-order valence-corrected chi connectivity index (χ1v) is 6.36. The van der Waals surface area contributed by atoms with Gasteiger partial charge in [0, 0.05) is 30.1 Å². The fourth-order valence-electron chi connectivity index (χ4n) is 2.07. The van der Waals surface area contributed by atoms with E-state index < -0.39 is 23.4 Å². The highest BCUT2D eigenvalue weighted by Gasteiger charge is 2.19. The number of rotatable bonds is 3. The Kier molecular flexibility index (Phi) is 3.57. The van der Waals surface area contributed by atoms with E-state index in [9.17, 15) is 18.0 Å². The van der Waals surface area contributed by atoms with Gasteiger partial charge in [0.2, 0.25) is 0 Å². The second-order valence-corrected chi connectivity index (χ2v) is 4.60. The first-order valence-electron chi connectivity index (χ1n) is 6.36. The number of carbonyl (C=O) groups is 1. The number of aromatic nitrogens is 3. The zero-order chi connectivity index (χ0) is 16.6.